The van der Waals surface area contributed by atoms with Crippen molar-refractivity contribution >= 4 is 49.5 Å². The van der Waals surface area contributed by atoms with Gasteiger partial charge in [0.25, 0.3) is 0 Å². The van der Waals surface area contributed by atoms with E-state index < -0.39 is 6.04 Å². The van der Waals surface area contributed by atoms with Gasteiger partial charge in [0.15, 0.2) is 0 Å². The molecule has 3 aliphatic rings. The van der Waals surface area contributed by atoms with Gasteiger partial charge >= 0.3 is 11.7 Å². The van der Waals surface area contributed by atoms with E-state index in [0.29, 0.717) is 57.2 Å². The van der Waals surface area contributed by atoms with Crippen LogP contribution in [0.15, 0.2) is 62.5 Å². The van der Waals surface area contributed by atoms with Crippen LogP contribution in [0.1, 0.15) is 56.6 Å². The number of nitrogens with zero attached hydrogens (tertiary/aromatic N) is 6. The highest BCUT2D eigenvalue weighted by Gasteiger charge is 2.34. The average molecular weight is 759 g/mol. The van der Waals surface area contributed by atoms with E-state index in [0.717, 1.165) is 46.1 Å². The fraction of sp³-hybridized carbons (Fsp3) is 0.515. The molecule has 246 valence electrons. The first-order chi connectivity index (χ1) is 22.3. The van der Waals surface area contributed by atoms with Gasteiger partial charge in [-0.15, -0.1) is 0 Å². The Morgan fingerprint density at radius 3 is 2.13 bits per heavy atom. The molecule has 1 atom stereocenters. The third kappa shape index (κ3) is 7.36. The van der Waals surface area contributed by atoms with E-state index in [1.807, 2.05) is 47.4 Å². The molecule has 11 nitrogen and oxygen atoms in total. The Morgan fingerprint density at radius 2 is 1.48 bits per heavy atom. The predicted molar refractivity (Wildman–Crippen MR) is 185 cm³/mol. The minimum absolute atomic E-state index is 0.0533. The van der Waals surface area contributed by atoms with Crippen molar-refractivity contribution < 1.29 is 9.59 Å². The third-order valence-corrected chi connectivity index (χ3v) is 11.0. The number of para-hydroxylation sites is 1. The van der Waals surface area contributed by atoms with Crippen LogP contribution in [-0.2, 0) is 11.2 Å². The van der Waals surface area contributed by atoms with Crippen molar-refractivity contribution in [1.82, 2.24) is 34.4 Å². The van der Waals surface area contributed by atoms with Crippen molar-refractivity contribution in [3.63, 3.8) is 0 Å². The normalized spacial score (nSPS) is 19.3. The molecule has 2 aromatic carbocycles. The molecule has 6 rings (SSSR count). The van der Waals surface area contributed by atoms with Crippen LogP contribution in [0.25, 0.3) is 5.69 Å². The molecule has 1 aromatic heterocycles. The van der Waals surface area contributed by atoms with Crippen molar-refractivity contribution in [3.8, 4) is 5.69 Å². The lowest BCUT2D eigenvalue weighted by Gasteiger charge is -2.41. The summed E-state index contributed by atoms with van der Waals surface area (Å²) in [6, 6.07) is 12.7. The molecule has 0 radical (unpaired) electrons. The molecule has 46 heavy (non-hydrogen) atoms. The molecule has 0 spiro atoms. The van der Waals surface area contributed by atoms with Gasteiger partial charge in [-0.2, -0.15) is 5.10 Å². The van der Waals surface area contributed by atoms with Gasteiger partial charge in [-0.3, -0.25) is 4.79 Å². The second-order valence-corrected chi connectivity index (χ2v) is 14.3. The van der Waals surface area contributed by atoms with Crippen LogP contribution in [0.2, 0.25) is 0 Å². The molecule has 3 N–H and O–H groups in total. The van der Waals surface area contributed by atoms with E-state index in [1.165, 1.54) is 23.9 Å². The maximum Gasteiger partial charge on any atom is 0.350 e. The smallest absolute Gasteiger partial charge is 0.350 e. The number of nitrogen functional groups attached to an aromatic ring is 1. The molecule has 0 unspecified atom stereocenters. The van der Waals surface area contributed by atoms with E-state index in [4.69, 9.17) is 5.73 Å². The summed E-state index contributed by atoms with van der Waals surface area (Å²) >= 11 is 7.04. The van der Waals surface area contributed by atoms with Crippen molar-refractivity contribution in [2.45, 2.75) is 69.5 Å². The number of benzene rings is 2. The zero-order valence-electron chi connectivity index (χ0n) is 26.0. The van der Waals surface area contributed by atoms with Crippen LogP contribution in [0.5, 0.6) is 0 Å². The Labute approximate surface area is 286 Å². The van der Waals surface area contributed by atoms with Gasteiger partial charge in [0.1, 0.15) is 12.4 Å². The molecule has 3 aromatic rings. The van der Waals surface area contributed by atoms with Gasteiger partial charge < -0.3 is 25.8 Å². The molecular weight excluding hydrogens is 716 g/mol. The summed E-state index contributed by atoms with van der Waals surface area (Å²) < 4.78 is 4.55. The number of nitrogens with two attached hydrogens (primary N) is 1. The molecule has 3 fully saturated rings. The number of urea groups is 1. The standard InChI is InChI=1S/C33H42Br2N8O3/c34-27-19-23(20-28(35)30(27)36)21-29(31(44)40-15-9-24(10-16-40)39-13-5-2-6-14-39)38-32(45)41-17-11-26(12-18-41)43-33(46)42(22-37-43)25-7-3-1-4-8-25/h1,3-4,7-8,19-20,22,24,26,29H,2,5-6,9-18,21,36H2,(H,38,45)/t29-/m1/s1. The quantitative estimate of drug-likeness (QED) is 0.341. The zero-order chi connectivity index (χ0) is 32.2. The van der Waals surface area contributed by atoms with E-state index >= 15 is 0 Å². The molecule has 13 heteroatoms. The maximum atomic E-state index is 14.0. The maximum absolute atomic E-state index is 14.0. The molecular formula is C33H42Br2N8O3. The Balaban J connectivity index is 1.11. The Morgan fingerprint density at radius 1 is 0.870 bits per heavy atom. The number of carbonyl (C=O) groups is 2. The number of hydrogen-bond donors (Lipinski definition) is 2. The molecule has 0 saturated carbocycles. The highest BCUT2D eigenvalue weighted by molar-refractivity contribution is 9.11. The molecule has 0 aliphatic carbocycles. The Hall–Kier alpha value is -3.16. The topological polar surface area (TPSA) is 122 Å². The minimum Gasteiger partial charge on any atom is -0.397 e. The molecule has 4 heterocycles. The number of rotatable bonds is 7. The van der Waals surface area contributed by atoms with Gasteiger partial charge in [0, 0.05) is 47.6 Å². The summed E-state index contributed by atoms with van der Waals surface area (Å²) in [4.78, 5) is 47.0. The number of carbonyl (C=O) groups excluding carboxylic acids is 2. The highest BCUT2D eigenvalue weighted by atomic mass is 79.9. The van der Waals surface area contributed by atoms with Crippen LogP contribution in [0.4, 0.5) is 10.5 Å². The lowest BCUT2D eigenvalue weighted by molar-refractivity contribution is -0.134. The number of piperidine rings is 3. The highest BCUT2D eigenvalue weighted by Crippen LogP contribution is 2.30. The van der Waals surface area contributed by atoms with Crippen molar-refractivity contribution in [3.05, 3.63) is 73.8 Å². The monoisotopic (exact) mass is 756 g/mol. The summed E-state index contributed by atoms with van der Waals surface area (Å²) in [5, 5.41) is 7.48. The molecule has 3 saturated heterocycles. The summed E-state index contributed by atoms with van der Waals surface area (Å²) in [5.41, 5.74) is 8.18. The van der Waals surface area contributed by atoms with Gasteiger partial charge in [0.05, 0.1) is 17.4 Å². The van der Waals surface area contributed by atoms with Crippen LogP contribution in [0.3, 0.4) is 0 Å². The Bertz CT molecular complexity index is 1550. The summed E-state index contributed by atoms with van der Waals surface area (Å²) in [6.07, 6.45) is 8.82. The molecule has 3 amide bonds. The fourth-order valence-corrected chi connectivity index (χ4v) is 8.31. The first-order valence-electron chi connectivity index (χ1n) is 16.3. The predicted octanol–water partition coefficient (Wildman–Crippen LogP) is 4.58. The van der Waals surface area contributed by atoms with Gasteiger partial charge in [-0.25, -0.2) is 18.8 Å². The van der Waals surface area contributed by atoms with Crippen molar-refractivity contribution in [2.24, 2.45) is 0 Å². The molecule has 0 bridgehead atoms. The second-order valence-electron chi connectivity index (χ2n) is 12.6. The SMILES string of the molecule is Nc1c(Br)cc(C[C@@H](NC(=O)N2CCC(n3ncn(-c4ccccc4)c3=O)CC2)C(=O)N2CCC(N3CCCCC3)CC2)cc1Br. The average Bonchev–Trinajstić information content (AvgIpc) is 3.48. The van der Waals surface area contributed by atoms with Gasteiger partial charge in [-0.05, 0) is 113 Å². The van der Waals surface area contributed by atoms with E-state index in [9.17, 15) is 14.4 Å². The van der Waals surface area contributed by atoms with E-state index in [-0.39, 0.29) is 23.7 Å². The number of hydrogen-bond acceptors (Lipinski definition) is 6. The number of anilines is 1. The summed E-state index contributed by atoms with van der Waals surface area (Å²) in [6.45, 7) is 4.61. The van der Waals surface area contributed by atoms with Crippen LogP contribution < -0.4 is 16.7 Å². The molecule has 3 aliphatic heterocycles. The minimum atomic E-state index is -0.719. The lowest BCUT2D eigenvalue weighted by Crippen LogP contribution is -2.56. The fourth-order valence-electron chi connectivity index (χ4n) is 7.03. The van der Waals surface area contributed by atoms with E-state index in [2.05, 4.69) is 47.2 Å². The zero-order valence-corrected chi connectivity index (χ0v) is 29.2. The first-order valence-corrected chi connectivity index (χ1v) is 17.9. The number of halogens is 2. The van der Waals surface area contributed by atoms with Crippen LogP contribution >= 0.6 is 31.9 Å². The van der Waals surface area contributed by atoms with E-state index in [1.54, 1.807) is 15.8 Å². The third-order valence-electron chi connectivity index (χ3n) is 9.68. The number of nitrogens with one attached hydrogen (secondary N) is 1. The summed E-state index contributed by atoms with van der Waals surface area (Å²) in [5.74, 6) is -0.0533. The summed E-state index contributed by atoms with van der Waals surface area (Å²) in [7, 11) is 0. The number of aromatic nitrogens is 3. The second kappa shape index (κ2) is 14.7. The first kappa shape index (κ1) is 32.8. The van der Waals surface area contributed by atoms with Crippen molar-refractivity contribution in [2.75, 3.05) is 45.0 Å². The number of likely N-dealkylation sites (tertiary alicyclic amines) is 3. The van der Waals surface area contributed by atoms with Crippen LogP contribution in [0, 0.1) is 0 Å². The van der Waals surface area contributed by atoms with Crippen molar-refractivity contribution in [1.29, 1.82) is 0 Å². The Kier molecular flexibility index (Phi) is 10.5. The van der Waals surface area contributed by atoms with Crippen LogP contribution in [-0.4, -0.2) is 92.3 Å². The lowest BCUT2D eigenvalue weighted by atomic mass is 9.98. The number of amides is 3. The largest absolute Gasteiger partial charge is 0.397 e. The van der Waals surface area contributed by atoms with Gasteiger partial charge in [-0.1, -0.05) is 24.6 Å². The van der Waals surface area contributed by atoms with Gasteiger partial charge in [0.2, 0.25) is 5.91 Å².